The molecule has 0 aliphatic carbocycles. The molecule has 0 bridgehead atoms. The first-order valence-electron chi connectivity index (χ1n) is 7.18. The maximum atomic E-state index is 12.6. The second-order valence-electron chi connectivity index (χ2n) is 5.59. The average molecular weight is 284 g/mol. The fourth-order valence-electron chi connectivity index (χ4n) is 2.77. The lowest BCUT2D eigenvalue weighted by Gasteiger charge is -2.28. The first kappa shape index (κ1) is 13.7. The van der Waals surface area contributed by atoms with E-state index in [9.17, 15) is 4.79 Å². The maximum Gasteiger partial charge on any atom is 0.227 e. The largest absolute Gasteiger partial charge is 0.384 e. The van der Waals surface area contributed by atoms with Gasteiger partial charge in [-0.05, 0) is 18.1 Å². The minimum Gasteiger partial charge on any atom is -0.384 e. The maximum absolute atomic E-state index is 12.6. The Morgan fingerprint density at radius 2 is 2.29 bits per heavy atom. The van der Waals surface area contributed by atoms with Gasteiger partial charge in [0.1, 0.15) is 5.82 Å². The Labute approximate surface area is 124 Å². The molecular formula is C16H20N4O. The molecule has 110 valence electrons. The van der Waals surface area contributed by atoms with Gasteiger partial charge in [-0.3, -0.25) is 4.79 Å². The predicted molar refractivity (Wildman–Crippen MR) is 81.8 cm³/mol. The fraction of sp³-hybridized carbons (Fsp3) is 0.375. The topological polar surface area (TPSA) is 50.2 Å². The number of benzene rings is 1. The predicted octanol–water partition coefficient (Wildman–Crippen LogP) is 1.66. The summed E-state index contributed by atoms with van der Waals surface area (Å²) in [5.74, 6) is 1.06. The molecule has 5 nitrogen and oxygen atoms in total. The summed E-state index contributed by atoms with van der Waals surface area (Å²) in [5.41, 5.74) is 2.36. The molecule has 0 saturated heterocycles. The van der Waals surface area contributed by atoms with Crippen LogP contribution in [0, 0.1) is 5.92 Å². The van der Waals surface area contributed by atoms with Crippen molar-refractivity contribution in [2.75, 3.05) is 18.9 Å². The van der Waals surface area contributed by atoms with Crippen LogP contribution in [-0.4, -0.2) is 34.0 Å². The van der Waals surface area contributed by atoms with Crippen LogP contribution in [0.15, 0.2) is 36.7 Å². The number of carbonyl (C=O) groups excluding carboxylic acids is 1. The van der Waals surface area contributed by atoms with Crippen molar-refractivity contribution in [2.24, 2.45) is 13.0 Å². The standard InChI is InChI=1S/C16H20N4O/c1-19-8-7-17-15(19)11-20(2)16(21)13-9-12-5-3-4-6-14(12)18-10-13/h3-8,13,18H,9-11H2,1-2H3. The number of imidazole rings is 1. The first-order valence-corrected chi connectivity index (χ1v) is 7.18. The number of fused-ring (bicyclic) bond motifs is 1. The van der Waals surface area contributed by atoms with Gasteiger partial charge in [0.15, 0.2) is 0 Å². The minimum absolute atomic E-state index is 0.00910. The van der Waals surface area contributed by atoms with Gasteiger partial charge in [-0.1, -0.05) is 18.2 Å². The van der Waals surface area contributed by atoms with Crippen molar-refractivity contribution in [3.8, 4) is 0 Å². The lowest BCUT2D eigenvalue weighted by molar-refractivity contribution is -0.134. The molecule has 0 fully saturated rings. The summed E-state index contributed by atoms with van der Waals surface area (Å²) < 4.78 is 1.94. The van der Waals surface area contributed by atoms with Crippen LogP contribution in [0.2, 0.25) is 0 Å². The first-order chi connectivity index (χ1) is 10.1. The van der Waals surface area contributed by atoms with Gasteiger partial charge in [0.25, 0.3) is 0 Å². The fourth-order valence-corrected chi connectivity index (χ4v) is 2.77. The molecule has 5 heteroatoms. The summed E-state index contributed by atoms with van der Waals surface area (Å²) >= 11 is 0. The zero-order valence-corrected chi connectivity index (χ0v) is 12.4. The number of nitrogens with one attached hydrogen (secondary N) is 1. The number of hydrogen-bond donors (Lipinski definition) is 1. The van der Waals surface area contributed by atoms with Crippen LogP contribution in [0.3, 0.4) is 0 Å². The number of nitrogens with zero attached hydrogens (tertiary/aromatic N) is 3. The smallest absolute Gasteiger partial charge is 0.227 e. The zero-order valence-electron chi connectivity index (χ0n) is 12.4. The summed E-state index contributed by atoms with van der Waals surface area (Å²) in [6, 6.07) is 8.18. The molecule has 1 unspecified atom stereocenters. The van der Waals surface area contributed by atoms with E-state index < -0.39 is 0 Å². The van der Waals surface area contributed by atoms with Gasteiger partial charge in [-0.15, -0.1) is 0 Å². The number of anilines is 1. The number of aryl methyl sites for hydroxylation is 1. The molecule has 1 amide bonds. The monoisotopic (exact) mass is 284 g/mol. The third kappa shape index (κ3) is 2.77. The summed E-state index contributed by atoms with van der Waals surface area (Å²) in [5, 5.41) is 3.35. The SMILES string of the molecule is CN(Cc1nccn1C)C(=O)C1CNc2ccccc2C1. The Kier molecular flexibility index (Phi) is 3.64. The molecule has 1 aliphatic heterocycles. The molecule has 1 aliphatic rings. The number of rotatable bonds is 3. The lowest BCUT2D eigenvalue weighted by atomic mass is 9.93. The van der Waals surface area contributed by atoms with E-state index in [0.29, 0.717) is 13.1 Å². The van der Waals surface area contributed by atoms with Crippen LogP contribution >= 0.6 is 0 Å². The Bertz CT molecular complexity index is 649. The summed E-state index contributed by atoms with van der Waals surface area (Å²) in [6.07, 6.45) is 4.45. The Balaban J connectivity index is 1.67. The van der Waals surface area contributed by atoms with E-state index >= 15 is 0 Å². The van der Waals surface area contributed by atoms with Crippen molar-refractivity contribution < 1.29 is 4.79 Å². The average Bonchev–Trinajstić information content (AvgIpc) is 2.91. The highest BCUT2D eigenvalue weighted by atomic mass is 16.2. The molecule has 3 rings (SSSR count). The quantitative estimate of drug-likeness (QED) is 0.932. The molecule has 21 heavy (non-hydrogen) atoms. The molecule has 0 radical (unpaired) electrons. The van der Waals surface area contributed by atoms with Crippen molar-refractivity contribution >= 4 is 11.6 Å². The number of amides is 1. The van der Waals surface area contributed by atoms with E-state index in [-0.39, 0.29) is 11.8 Å². The molecule has 0 spiro atoms. The third-order valence-corrected chi connectivity index (χ3v) is 4.05. The summed E-state index contributed by atoms with van der Waals surface area (Å²) in [6.45, 7) is 1.24. The van der Waals surface area contributed by atoms with E-state index in [1.165, 1.54) is 5.56 Å². The number of aromatic nitrogens is 2. The molecule has 2 heterocycles. The van der Waals surface area contributed by atoms with Crippen LogP contribution in [0.25, 0.3) is 0 Å². The Morgan fingerprint density at radius 1 is 1.48 bits per heavy atom. The lowest BCUT2D eigenvalue weighted by Crippen LogP contribution is -2.39. The van der Waals surface area contributed by atoms with Gasteiger partial charge in [-0.25, -0.2) is 4.98 Å². The molecule has 1 aromatic carbocycles. The minimum atomic E-state index is -0.00910. The molecule has 0 saturated carbocycles. The zero-order chi connectivity index (χ0) is 14.8. The van der Waals surface area contributed by atoms with E-state index in [2.05, 4.69) is 22.4 Å². The van der Waals surface area contributed by atoms with Gasteiger partial charge in [-0.2, -0.15) is 0 Å². The molecule has 1 atom stereocenters. The summed E-state index contributed by atoms with van der Waals surface area (Å²) in [7, 11) is 3.79. The van der Waals surface area contributed by atoms with Crippen molar-refractivity contribution in [3.63, 3.8) is 0 Å². The van der Waals surface area contributed by atoms with Crippen LogP contribution in [-0.2, 0) is 24.8 Å². The molecule has 1 N–H and O–H groups in total. The van der Waals surface area contributed by atoms with Crippen LogP contribution < -0.4 is 5.32 Å². The number of hydrogen-bond acceptors (Lipinski definition) is 3. The second-order valence-corrected chi connectivity index (χ2v) is 5.59. The van der Waals surface area contributed by atoms with Crippen molar-refractivity contribution in [3.05, 3.63) is 48.0 Å². The van der Waals surface area contributed by atoms with Gasteiger partial charge in [0.05, 0.1) is 12.5 Å². The summed E-state index contributed by atoms with van der Waals surface area (Å²) in [4.78, 5) is 18.6. The molecule has 2 aromatic rings. The van der Waals surface area contributed by atoms with Gasteiger partial charge in [0.2, 0.25) is 5.91 Å². The van der Waals surface area contributed by atoms with E-state index in [4.69, 9.17) is 0 Å². The van der Waals surface area contributed by atoms with E-state index in [1.807, 2.05) is 37.0 Å². The van der Waals surface area contributed by atoms with Gasteiger partial charge >= 0.3 is 0 Å². The highest BCUT2D eigenvalue weighted by Crippen LogP contribution is 2.25. The Morgan fingerprint density at radius 3 is 3.05 bits per heavy atom. The highest BCUT2D eigenvalue weighted by Gasteiger charge is 2.27. The highest BCUT2D eigenvalue weighted by molar-refractivity contribution is 5.80. The van der Waals surface area contributed by atoms with E-state index in [0.717, 1.165) is 17.9 Å². The van der Waals surface area contributed by atoms with Gasteiger partial charge in [0, 0.05) is 38.7 Å². The molecular weight excluding hydrogens is 264 g/mol. The van der Waals surface area contributed by atoms with Crippen molar-refractivity contribution in [2.45, 2.75) is 13.0 Å². The number of carbonyl (C=O) groups is 1. The Hall–Kier alpha value is -2.30. The van der Waals surface area contributed by atoms with Crippen molar-refractivity contribution in [1.29, 1.82) is 0 Å². The van der Waals surface area contributed by atoms with Crippen LogP contribution in [0.4, 0.5) is 5.69 Å². The number of para-hydroxylation sites is 1. The van der Waals surface area contributed by atoms with Crippen molar-refractivity contribution in [1.82, 2.24) is 14.5 Å². The van der Waals surface area contributed by atoms with Gasteiger partial charge < -0.3 is 14.8 Å². The third-order valence-electron chi connectivity index (χ3n) is 4.05. The normalized spacial score (nSPS) is 17.0. The second kappa shape index (κ2) is 5.60. The van der Waals surface area contributed by atoms with Crippen LogP contribution in [0.5, 0.6) is 0 Å². The van der Waals surface area contributed by atoms with E-state index in [1.54, 1.807) is 11.1 Å². The van der Waals surface area contributed by atoms with Crippen LogP contribution in [0.1, 0.15) is 11.4 Å². The molecule has 1 aromatic heterocycles.